The molecule has 2 aromatic carbocycles. The molecule has 28 heavy (non-hydrogen) atoms. The minimum atomic E-state index is -0.316. The van der Waals surface area contributed by atoms with Gasteiger partial charge in [0.1, 0.15) is 17.3 Å². The fourth-order valence-electron chi connectivity index (χ4n) is 3.08. The first-order valence-electron chi connectivity index (χ1n) is 8.54. The van der Waals surface area contributed by atoms with Crippen LogP contribution in [-0.2, 0) is 13.1 Å². The molecule has 2 heterocycles. The SMILES string of the molecule is O=C(NCc1ccc(F)cc1)c1cc2scc(Br)c2n1Cc1cccc(F)c1. The van der Waals surface area contributed by atoms with E-state index in [1.165, 1.54) is 35.6 Å². The van der Waals surface area contributed by atoms with Crippen LogP contribution in [0.1, 0.15) is 21.6 Å². The summed E-state index contributed by atoms with van der Waals surface area (Å²) < 4.78 is 30.4. The lowest BCUT2D eigenvalue weighted by Gasteiger charge is -2.12. The standard InChI is InChI=1S/C21H15BrF2N2OS/c22-17-12-28-19-9-18(21(27)25-10-13-4-6-15(23)7-5-13)26(20(17)19)11-14-2-1-3-16(24)8-14/h1-9,12H,10-11H2,(H,25,27). The maximum Gasteiger partial charge on any atom is 0.268 e. The number of rotatable bonds is 5. The Morgan fingerprint density at radius 3 is 2.57 bits per heavy atom. The lowest BCUT2D eigenvalue weighted by molar-refractivity contribution is 0.0942. The van der Waals surface area contributed by atoms with E-state index in [1.54, 1.807) is 18.2 Å². The van der Waals surface area contributed by atoms with Gasteiger partial charge in [0.2, 0.25) is 0 Å². The predicted molar refractivity (Wildman–Crippen MR) is 111 cm³/mol. The van der Waals surface area contributed by atoms with E-state index in [1.807, 2.05) is 22.1 Å². The highest BCUT2D eigenvalue weighted by Crippen LogP contribution is 2.34. The van der Waals surface area contributed by atoms with E-state index in [-0.39, 0.29) is 17.5 Å². The highest BCUT2D eigenvalue weighted by Gasteiger charge is 2.19. The summed E-state index contributed by atoms with van der Waals surface area (Å²) in [6.45, 7) is 0.662. The van der Waals surface area contributed by atoms with E-state index in [0.29, 0.717) is 18.8 Å². The number of amides is 1. The van der Waals surface area contributed by atoms with Crippen molar-refractivity contribution < 1.29 is 13.6 Å². The third-order valence-corrected chi connectivity index (χ3v) is 6.23. The van der Waals surface area contributed by atoms with E-state index >= 15 is 0 Å². The van der Waals surface area contributed by atoms with Gasteiger partial charge in [-0.3, -0.25) is 4.79 Å². The second kappa shape index (κ2) is 7.85. The third-order valence-electron chi connectivity index (χ3n) is 4.41. The number of halogens is 3. The predicted octanol–water partition coefficient (Wildman–Crippen LogP) is 5.72. The number of thiophene rings is 1. The van der Waals surface area contributed by atoms with Crippen molar-refractivity contribution in [2.24, 2.45) is 0 Å². The molecule has 1 amide bonds. The van der Waals surface area contributed by atoms with E-state index in [0.717, 1.165) is 25.8 Å². The van der Waals surface area contributed by atoms with Crippen molar-refractivity contribution in [2.45, 2.75) is 13.1 Å². The van der Waals surface area contributed by atoms with Crippen molar-refractivity contribution in [3.05, 3.63) is 92.9 Å². The Morgan fingerprint density at radius 1 is 1.04 bits per heavy atom. The number of carbonyl (C=O) groups excluding carboxylic acids is 1. The van der Waals surface area contributed by atoms with E-state index in [4.69, 9.17) is 0 Å². The Labute approximate surface area is 172 Å². The van der Waals surface area contributed by atoms with Crippen molar-refractivity contribution >= 4 is 43.4 Å². The molecule has 0 aliphatic carbocycles. The highest BCUT2D eigenvalue weighted by atomic mass is 79.9. The minimum Gasteiger partial charge on any atom is -0.347 e. The van der Waals surface area contributed by atoms with Crippen molar-refractivity contribution in [1.82, 2.24) is 9.88 Å². The molecule has 0 radical (unpaired) electrons. The number of benzene rings is 2. The van der Waals surface area contributed by atoms with Crippen molar-refractivity contribution in [1.29, 1.82) is 0 Å². The van der Waals surface area contributed by atoms with Crippen LogP contribution in [-0.4, -0.2) is 10.5 Å². The first kappa shape index (κ1) is 18.8. The van der Waals surface area contributed by atoms with Gasteiger partial charge in [0.15, 0.2) is 0 Å². The Bertz CT molecular complexity index is 1150. The number of nitrogens with zero attached hydrogens (tertiary/aromatic N) is 1. The van der Waals surface area contributed by atoms with Crippen LogP contribution < -0.4 is 5.32 Å². The molecule has 7 heteroatoms. The average Bonchev–Trinajstić information content (AvgIpc) is 3.21. The monoisotopic (exact) mass is 460 g/mol. The van der Waals surface area contributed by atoms with Crippen LogP contribution in [0.4, 0.5) is 8.78 Å². The van der Waals surface area contributed by atoms with Crippen LogP contribution in [0, 0.1) is 11.6 Å². The molecular formula is C21H15BrF2N2OS. The van der Waals surface area contributed by atoms with Gasteiger partial charge in [0.25, 0.3) is 5.91 Å². The minimum absolute atomic E-state index is 0.240. The summed E-state index contributed by atoms with van der Waals surface area (Å²) in [5, 5.41) is 4.84. The maximum atomic E-state index is 13.6. The lowest BCUT2D eigenvalue weighted by atomic mass is 10.2. The molecular weight excluding hydrogens is 446 g/mol. The second-order valence-corrected chi connectivity index (χ2v) is 8.12. The molecule has 0 saturated carbocycles. The van der Waals surface area contributed by atoms with Crippen LogP contribution in [0.2, 0.25) is 0 Å². The quantitative estimate of drug-likeness (QED) is 0.405. The molecule has 3 nitrogen and oxygen atoms in total. The number of carbonyl (C=O) groups is 1. The molecule has 0 fully saturated rings. The average molecular weight is 461 g/mol. The fraction of sp³-hybridized carbons (Fsp3) is 0.0952. The Kier molecular flexibility index (Phi) is 5.28. The van der Waals surface area contributed by atoms with Gasteiger partial charge in [0, 0.05) is 18.5 Å². The number of hydrogen-bond donors (Lipinski definition) is 1. The van der Waals surface area contributed by atoms with Gasteiger partial charge in [-0.1, -0.05) is 24.3 Å². The van der Waals surface area contributed by atoms with Gasteiger partial charge < -0.3 is 9.88 Å². The second-order valence-electron chi connectivity index (χ2n) is 6.35. The van der Waals surface area contributed by atoms with Crippen LogP contribution >= 0.6 is 27.3 Å². The molecule has 0 saturated heterocycles. The van der Waals surface area contributed by atoms with Gasteiger partial charge in [-0.15, -0.1) is 11.3 Å². The van der Waals surface area contributed by atoms with Gasteiger partial charge in [-0.25, -0.2) is 8.78 Å². The normalized spacial score (nSPS) is 11.1. The van der Waals surface area contributed by atoms with Crippen molar-refractivity contribution in [3.63, 3.8) is 0 Å². The van der Waals surface area contributed by atoms with Gasteiger partial charge >= 0.3 is 0 Å². The summed E-state index contributed by atoms with van der Waals surface area (Å²) in [4.78, 5) is 12.9. The summed E-state index contributed by atoms with van der Waals surface area (Å²) >= 11 is 5.07. The summed E-state index contributed by atoms with van der Waals surface area (Å²) in [5.74, 6) is -0.868. The van der Waals surface area contributed by atoms with Crippen LogP contribution in [0.5, 0.6) is 0 Å². The van der Waals surface area contributed by atoms with Crippen LogP contribution in [0.3, 0.4) is 0 Å². The molecule has 2 aromatic heterocycles. The first-order chi connectivity index (χ1) is 13.5. The Hall–Kier alpha value is -2.51. The molecule has 4 aromatic rings. The molecule has 1 N–H and O–H groups in total. The molecule has 0 aliphatic heterocycles. The number of aromatic nitrogens is 1. The molecule has 0 bridgehead atoms. The van der Waals surface area contributed by atoms with E-state index in [9.17, 15) is 13.6 Å². The molecule has 4 rings (SSSR count). The maximum absolute atomic E-state index is 13.6. The Balaban J connectivity index is 1.64. The third kappa shape index (κ3) is 3.86. The van der Waals surface area contributed by atoms with Crippen molar-refractivity contribution in [2.75, 3.05) is 0 Å². The number of fused-ring (bicyclic) bond motifs is 1. The first-order valence-corrected chi connectivity index (χ1v) is 10.2. The summed E-state index contributed by atoms with van der Waals surface area (Å²) in [7, 11) is 0. The molecule has 0 unspecified atom stereocenters. The van der Waals surface area contributed by atoms with Crippen molar-refractivity contribution in [3.8, 4) is 0 Å². The largest absolute Gasteiger partial charge is 0.347 e. The summed E-state index contributed by atoms with van der Waals surface area (Å²) in [6, 6.07) is 14.2. The van der Waals surface area contributed by atoms with E-state index < -0.39 is 0 Å². The zero-order chi connectivity index (χ0) is 19.7. The molecule has 0 spiro atoms. The zero-order valence-electron chi connectivity index (χ0n) is 14.6. The molecule has 0 aliphatic rings. The zero-order valence-corrected chi connectivity index (χ0v) is 17.0. The van der Waals surface area contributed by atoms with E-state index in [2.05, 4.69) is 21.2 Å². The fourth-order valence-corrected chi connectivity index (χ4v) is 4.77. The number of nitrogens with one attached hydrogen (secondary N) is 1. The smallest absolute Gasteiger partial charge is 0.268 e. The molecule has 142 valence electrons. The summed E-state index contributed by atoms with van der Waals surface area (Å²) in [5.41, 5.74) is 2.97. The van der Waals surface area contributed by atoms with Gasteiger partial charge in [0.05, 0.1) is 14.7 Å². The van der Waals surface area contributed by atoms with Gasteiger partial charge in [-0.05, 0) is 57.4 Å². The lowest BCUT2D eigenvalue weighted by Crippen LogP contribution is -2.25. The Morgan fingerprint density at radius 2 is 1.82 bits per heavy atom. The van der Waals surface area contributed by atoms with Crippen LogP contribution in [0.25, 0.3) is 10.2 Å². The van der Waals surface area contributed by atoms with Crippen LogP contribution in [0.15, 0.2) is 64.5 Å². The molecule has 0 atom stereocenters. The van der Waals surface area contributed by atoms with Gasteiger partial charge in [-0.2, -0.15) is 0 Å². The summed E-state index contributed by atoms with van der Waals surface area (Å²) in [6.07, 6.45) is 0. The highest BCUT2D eigenvalue weighted by molar-refractivity contribution is 9.10. The number of hydrogen-bond acceptors (Lipinski definition) is 2. The topological polar surface area (TPSA) is 34.0 Å².